The van der Waals surface area contributed by atoms with E-state index in [4.69, 9.17) is 9.47 Å². The third-order valence-corrected chi connectivity index (χ3v) is 7.94. The third kappa shape index (κ3) is 5.96. The molecule has 12 nitrogen and oxygen atoms in total. The third-order valence-electron chi connectivity index (χ3n) is 7.94. The average Bonchev–Trinajstić information content (AvgIpc) is 3.58. The molecule has 0 amide bonds. The molecule has 2 aromatic carbocycles. The lowest BCUT2D eigenvalue weighted by molar-refractivity contribution is -0.139. The van der Waals surface area contributed by atoms with Gasteiger partial charge in [-0.2, -0.15) is 20.0 Å². The minimum absolute atomic E-state index is 0.0980. The van der Waals surface area contributed by atoms with Gasteiger partial charge in [0.1, 0.15) is 17.6 Å². The lowest BCUT2D eigenvalue weighted by Crippen LogP contribution is -2.25. The number of hydrogen-bond donors (Lipinski definition) is 2. The second-order valence-corrected chi connectivity index (χ2v) is 12.9. The molecule has 1 atom stereocenters. The number of benzene rings is 2. The number of nitrogens with zero attached hydrogens (tertiary/aromatic N) is 6. The second kappa shape index (κ2) is 11.6. The Morgan fingerprint density at radius 3 is 2.59 bits per heavy atom. The molecular formula is C33H36FN7O5. The Morgan fingerprint density at radius 2 is 1.89 bits per heavy atom. The highest BCUT2D eigenvalue weighted by atomic mass is 19.1. The van der Waals surface area contributed by atoms with Crippen LogP contribution in [0, 0.1) is 5.82 Å². The fraction of sp³-hybridized carbons (Fsp3) is 0.364. The van der Waals surface area contributed by atoms with Crippen LogP contribution in [0.4, 0.5) is 15.9 Å². The van der Waals surface area contributed by atoms with Crippen molar-refractivity contribution >= 4 is 22.3 Å². The van der Waals surface area contributed by atoms with Crippen molar-refractivity contribution in [3.05, 3.63) is 92.5 Å². The van der Waals surface area contributed by atoms with Crippen LogP contribution >= 0.6 is 0 Å². The summed E-state index contributed by atoms with van der Waals surface area (Å²) < 4.78 is 30.8. The van der Waals surface area contributed by atoms with E-state index in [0.29, 0.717) is 41.2 Å². The van der Waals surface area contributed by atoms with Gasteiger partial charge in [0.15, 0.2) is 11.6 Å². The highest BCUT2D eigenvalue weighted by Gasteiger charge is 2.33. The molecule has 46 heavy (non-hydrogen) atoms. The van der Waals surface area contributed by atoms with Gasteiger partial charge in [-0.15, -0.1) is 0 Å². The molecule has 0 aliphatic carbocycles. The molecule has 1 aliphatic rings. The molecule has 3 aromatic heterocycles. The summed E-state index contributed by atoms with van der Waals surface area (Å²) in [6, 6.07) is 11.4. The zero-order valence-corrected chi connectivity index (χ0v) is 26.5. The van der Waals surface area contributed by atoms with Gasteiger partial charge >= 0.3 is 0 Å². The van der Waals surface area contributed by atoms with Crippen molar-refractivity contribution in [2.75, 3.05) is 11.9 Å². The van der Waals surface area contributed by atoms with E-state index in [1.165, 1.54) is 24.0 Å². The Kier molecular flexibility index (Phi) is 7.87. The molecule has 0 radical (unpaired) electrons. The maximum Gasteiger partial charge on any atom is 0.290 e. The van der Waals surface area contributed by atoms with Crippen molar-refractivity contribution in [3.63, 3.8) is 0 Å². The number of nitrogens with one attached hydrogen (secondary N) is 1. The van der Waals surface area contributed by atoms with Crippen molar-refractivity contribution in [1.29, 1.82) is 0 Å². The van der Waals surface area contributed by atoms with E-state index in [0.717, 1.165) is 10.2 Å². The van der Waals surface area contributed by atoms with E-state index in [1.807, 2.05) is 34.6 Å². The highest BCUT2D eigenvalue weighted by Crippen LogP contribution is 2.30. The number of halogens is 1. The summed E-state index contributed by atoms with van der Waals surface area (Å²) in [6.07, 6.45) is 3.06. The van der Waals surface area contributed by atoms with E-state index < -0.39 is 29.3 Å². The molecule has 2 N–H and O–H groups in total. The molecule has 1 unspecified atom stereocenters. The molecule has 1 saturated heterocycles. The van der Waals surface area contributed by atoms with Gasteiger partial charge in [0.25, 0.3) is 11.1 Å². The van der Waals surface area contributed by atoms with Gasteiger partial charge in [0.05, 0.1) is 42.7 Å². The summed E-state index contributed by atoms with van der Waals surface area (Å²) >= 11 is 0. The number of ether oxygens (including phenoxy) is 2. The van der Waals surface area contributed by atoms with Gasteiger partial charge in [0.2, 0.25) is 0 Å². The molecule has 240 valence electrons. The number of rotatable bonds is 7. The van der Waals surface area contributed by atoms with Crippen LogP contribution in [0.1, 0.15) is 45.7 Å². The van der Waals surface area contributed by atoms with E-state index in [-0.39, 0.29) is 28.3 Å². The first-order valence-electron chi connectivity index (χ1n) is 14.9. The maximum absolute atomic E-state index is 15.3. The molecule has 1 fully saturated rings. The standard InChI is InChI=1S/C33H36FN7O5/c1-32(2,3)20-12-19-15-35-41(31(44)29(19)24(34)13-20)27-9-7-8-22(23(27)17-42)25-14-26(30(43)39(6)37-25)36-28-10-11-40(38-28)16-21-18-45-33(4,5)46-21/h7-15,21,42H,16-18H2,1-6H3,(H,36,38). The number of aromatic nitrogens is 6. The fourth-order valence-corrected chi connectivity index (χ4v) is 5.58. The highest BCUT2D eigenvalue weighted by molar-refractivity contribution is 5.83. The van der Waals surface area contributed by atoms with E-state index >= 15 is 4.39 Å². The van der Waals surface area contributed by atoms with Crippen LogP contribution < -0.4 is 16.4 Å². The van der Waals surface area contributed by atoms with Crippen LogP contribution in [0.25, 0.3) is 27.7 Å². The first-order valence-corrected chi connectivity index (χ1v) is 14.9. The Bertz CT molecular complexity index is 2080. The molecule has 0 saturated carbocycles. The van der Waals surface area contributed by atoms with Gasteiger partial charge in [-0.3, -0.25) is 14.3 Å². The second-order valence-electron chi connectivity index (χ2n) is 12.9. The largest absolute Gasteiger partial charge is 0.392 e. The quantitative estimate of drug-likeness (QED) is 0.272. The summed E-state index contributed by atoms with van der Waals surface area (Å²) in [5.41, 5.74) is 0.961. The lowest BCUT2D eigenvalue weighted by atomic mass is 9.86. The van der Waals surface area contributed by atoms with Gasteiger partial charge in [0, 0.05) is 35.8 Å². The van der Waals surface area contributed by atoms with Crippen molar-refractivity contribution in [2.24, 2.45) is 7.05 Å². The Labute approximate surface area is 264 Å². The SMILES string of the molecule is Cn1nc(-c2cccc(-n3ncc4cc(C(C)(C)C)cc(F)c4c3=O)c2CO)cc(Nc2ccn(CC3COC(C)(C)O3)n2)c1=O. The molecule has 4 heterocycles. The number of aryl methyl sites for hydroxylation is 1. The summed E-state index contributed by atoms with van der Waals surface area (Å²) in [7, 11) is 1.52. The Balaban J connectivity index is 1.35. The Hall–Kier alpha value is -4.72. The molecule has 5 aromatic rings. The molecular weight excluding hydrogens is 593 g/mol. The maximum atomic E-state index is 15.3. The smallest absolute Gasteiger partial charge is 0.290 e. The number of anilines is 2. The summed E-state index contributed by atoms with van der Waals surface area (Å²) in [5, 5.41) is 27.2. The zero-order chi connectivity index (χ0) is 33.0. The van der Waals surface area contributed by atoms with Crippen molar-refractivity contribution < 1.29 is 19.0 Å². The lowest BCUT2D eigenvalue weighted by Gasteiger charge is -2.20. The number of aliphatic hydroxyl groups excluding tert-OH is 1. The minimum Gasteiger partial charge on any atom is -0.392 e. The van der Waals surface area contributed by atoms with Crippen LogP contribution in [0.2, 0.25) is 0 Å². The first kappa shape index (κ1) is 31.3. The topological polar surface area (TPSA) is 138 Å². The number of aliphatic hydroxyl groups is 1. The first-order chi connectivity index (χ1) is 21.7. The minimum atomic E-state index is -0.660. The summed E-state index contributed by atoms with van der Waals surface area (Å²) in [5.74, 6) is -0.850. The van der Waals surface area contributed by atoms with Gasteiger partial charge in [-0.1, -0.05) is 32.9 Å². The predicted molar refractivity (Wildman–Crippen MR) is 171 cm³/mol. The van der Waals surface area contributed by atoms with Gasteiger partial charge < -0.3 is 19.9 Å². The molecule has 0 bridgehead atoms. The molecule has 13 heteroatoms. The van der Waals surface area contributed by atoms with Crippen LogP contribution in [-0.2, 0) is 35.1 Å². The monoisotopic (exact) mass is 629 g/mol. The van der Waals surface area contributed by atoms with Gasteiger partial charge in [-0.05, 0) is 49.1 Å². The number of hydrogen-bond acceptors (Lipinski definition) is 9. The molecule has 0 spiro atoms. The normalized spacial score (nSPS) is 16.3. The zero-order valence-electron chi connectivity index (χ0n) is 26.5. The van der Waals surface area contributed by atoms with Crippen molar-refractivity contribution in [1.82, 2.24) is 29.3 Å². The van der Waals surface area contributed by atoms with Gasteiger partial charge in [-0.25, -0.2) is 9.07 Å². The van der Waals surface area contributed by atoms with Crippen molar-refractivity contribution in [3.8, 4) is 16.9 Å². The number of fused-ring (bicyclic) bond motifs is 1. The fourth-order valence-electron chi connectivity index (χ4n) is 5.58. The average molecular weight is 630 g/mol. The van der Waals surface area contributed by atoms with E-state index in [1.54, 1.807) is 47.3 Å². The predicted octanol–water partition coefficient (Wildman–Crippen LogP) is 4.17. The molecule has 6 rings (SSSR count). The van der Waals surface area contributed by atoms with Crippen molar-refractivity contribution in [2.45, 2.75) is 65.1 Å². The van der Waals surface area contributed by atoms with Crippen LogP contribution in [0.3, 0.4) is 0 Å². The van der Waals surface area contributed by atoms with E-state index in [9.17, 15) is 14.7 Å². The Morgan fingerprint density at radius 1 is 1.11 bits per heavy atom. The summed E-state index contributed by atoms with van der Waals surface area (Å²) in [4.78, 5) is 26.7. The van der Waals surface area contributed by atoms with E-state index in [2.05, 4.69) is 20.6 Å². The molecule has 1 aliphatic heterocycles. The van der Waals surface area contributed by atoms with Crippen LogP contribution in [0.15, 0.2) is 64.4 Å². The summed E-state index contributed by atoms with van der Waals surface area (Å²) in [6.45, 7) is 10.0. The van der Waals surface area contributed by atoms with Crippen LogP contribution in [0.5, 0.6) is 0 Å². The van der Waals surface area contributed by atoms with Crippen LogP contribution in [-0.4, -0.2) is 52.9 Å².